The maximum Gasteiger partial charge on any atom is 0.0897 e. The van der Waals surface area contributed by atoms with E-state index in [-0.39, 0.29) is 6.10 Å². The molecule has 2 N–H and O–H groups in total. The second kappa shape index (κ2) is 8.06. The fraction of sp³-hybridized carbons (Fsp3) is 1.00. The van der Waals surface area contributed by atoms with Gasteiger partial charge < -0.3 is 15.2 Å². The number of aliphatic hydroxyl groups excluding tert-OH is 1. The average Bonchev–Trinajstić information content (AvgIpc) is 2.28. The molecule has 0 unspecified atom stereocenters. The maximum absolute atomic E-state index is 9.76. The van der Waals surface area contributed by atoms with E-state index in [9.17, 15) is 5.11 Å². The summed E-state index contributed by atoms with van der Waals surface area (Å²) in [6.07, 6.45) is 4.87. The van der Waals surface area contributed by atoms with Gasteiger partial charge in [-0.2, -0.15) is 0 Å². The largest absolute Gasteiger partial charge is 0.389 e. The topological polar surface area (TPSA) is 41.5 Å². The molecule has 0 radical (unpaired) electrons. The van der Waals surface area contributed by atoms with Crippen LogP contribution in [-0.4, -0.2) is 37.0 Å². The van der Waals surface area contributed by atoms with Gasteiger partial charge >= 0.3 is 0 Å². The van der Waals surface area contributed by atoms with Gasteiger partial charge in [-0.25, -0.2) is 0 Å². The van der Waals surface area contributed by atoms with Crippen LogP contribution in [0.4, 0.5) is 0 Å². The van der Waals surface area contributed by atoms with Gasteiger partial charge in [-0.1, -0.05) is 20.8 Å². The SMILES string of the molecule is CC(C)CNC[C@H](O)COC1CCC(C)CC1. The minimum absolute atomic E-state index is 0.367. The monoisotopic (exact) mass is 243 g/mol. The minimum Gasteiger partial charge on any atom is -0.389 e. The lowest BCUT2D eigenvalue weighted by molar-refractivity contribution is -0.0278. The summed E-state index contributed by atoms with van der Waals surface area (Å²) in [6, 6.07) is 0. The quantitative estimate of drug-likeness (QED) is 0.720. The molecule has 0 aromatic carbocycles. The van der Waals surface area contributed by atoms with Gasteiger partial charge in [-0.05, 0) is 44.1 Å². The highest BCUT2D eigenvalue weighted by molar-refractivity contribution is 4.71. The number of rotatable bonds is 7. The van der Waals surface area contributed by atoms with Gasteiger partial charge in [0.15, 0.2) is 0 Å². The third kappa shape index (κ3) is 7.02. The van der Waals surface area contributed by atoms with Crippen molar-refractivity contribution in [2.75, 3.05) is 19.7 Å². The van der Waals surface area contributed by atoms with Crippen LogP contribution in [0.2, 0.25) is 0 Å². The van der Waals surface area contributed by atoms with Crippen molar-refractivity contribution in [2.24, 2.45) is 11.8 Å². The molecule has 0 aliphatic heterocycles. The smallest absolute Gasteiger partial charge is 0.0897 e. The first-order valence-electron chi connectivity index (χ1n) is 7.08. The van der Waals surface area contributed by atoms with Crippen LogP contribution in [0.15, 0.2) is 0 Å². The van der Waals surface area contributed by atoms with Crippen LogP contribution in [0.3, 0.4) is 0 Å². The van der Waals surface area contributed by atoms with E-state index in [0.717, 1.165) is 25.3 Å². The van der Waals surface area contributed by atoms with E-state index >= 15 is 0 Å². The summed E-state index contributed by atoms with van der Waals surface area (Å²) in [5.74, 6) is 1.48. The molecule has 0 spiro atoms. The first-order chi connectivity index (χ1) is 8.08. The summed E-state index contributed by atoms with van der Waals surface area (Å²) in [5.41, 5.74) is 0. The van der Waals surface area contributed by atoms with Gasteiger partial charge in [-0.3, -0.25) is 0 Å². The summed E-state index contributed by atoms with van der Waals surface area (Å²) < 4.78 is 5.76. The number of nitrogens with one attached hydrogen (secondary N) is 1. The molecule has 1 atom stereocenters. The van der Waals surface area contributed by atoms with E-state index in [1.165, 1.54) is 12.8 Å². The molecule has 0 aromatic heterocycles. The molecule has 17 heavy (non-hydrogen) atoms. The van der Waals surface area contributed by atoms with Crippen molar-refractivity contribution in [3.8, 4) is 0 Å². The second-order valence-corrected chi connectivity index (χ2v) is 5.92. The van der Waals surface area contributed by atoms with Crippen LogP contribution >= 0.6 is 0 Å². The summed E-state index contributed by atoms with van der Waals surface area (Å²) in [4.78, 5) is 0. The van der Waals surface area contributed by atoms with E-state index in [1.807, 2.05) is 0 Å². The molecule has 1 rings (SSSR count). The van der Waals surface area contributed by atoms with E-state index in [4.69, 9.17) is 4.74 Å². The number of aliphatic hydroxyl groups is 1. The lowest BCUT2D eigenvalue weighted by Crippen LogP contribution is -2.34. The highest BCUT2D eigenvalue weighted by atomic mass is 16.5. The molecule has 1 aliphatic rings. The lowest BCUT2D eigenvalue weighted by atomic mass is 9.89. The predicted molar refractivity (Wildman–Crippen MR) is 71.1 cm³/mol. The Hall–Kier alpha value is -0.120. The van der Waals surface area contributed by atoms with Crippen LogP contribution in [0, 0.1) is 11.8 Å². The van der Waals surface area contributed by atoms with Gasteiger partial charge in [0.25, 0.3) is 0 Å². The maximum atomic E-state index is 9.76. The predicted octanol–water partition coefficient (Wildman–Crippen LogP) is 2.19. The Morgan fingerprint density at radius 3 is 2.41 bits per heavy atom. The number of hydrogen-bond donors (Lipinski definition) is 2. The van der Waals surface area contributed by atoms with E-state index in [1.54, 1.807) is 0 Å². The summed E-state index contributed by atoms with van der Waals surface area (Å²) >= 11 is 0. The van der Waals surface area contributed by atoms with Gasteiger partial charge in [-0.15, -0.1) is 0 Å². The van der Waals surface area contributed by atoms with Crippen LogP contribution in [-0.2, 0) is 4.74 Å². The van der Waals surface area contributed by atoms with Crippen LogP contribution in [0.1, 0.15) is 46.5 Å². The number of ether oxygens (including phenoxy) is 1. The van der Waals surface area contributed by atoms with Crippen molar-refractivity contribution < 1.29 is 9.84 Å². The first kappa shape index (κ1) is 14.9. The minimum atomic E-state index is -0.367. The molecular formula is C14H29NO2. The Morgan fingerprint density at radius 2 is 1.82 bits per heavy atom. The van der Waals surface area contributed by atoms with Crippen molar-refractivity contribution in [3.63, 3.8) is 0 Å². The lowest BCUT2D eigenvalue weighted by Gasteiger charge is -2.27. The van der Waals surface area contributed by atoms with Crippen molar-refractivity contribution >= 4 is 0 Å². The zero-order chi connectivity index (χ0) is 12.7. The molecule has 0 amide bonds. The van der Waals surface area contributed by atoms with E-state index in [2.05, 4.69) is 26.1 Å². The molecule has 102 valence electrons. The zero-order valence-electron chi connectivity index (χ0n) is 11.6. The average molecular weight is 243 g/mol. The molecule has 0 bridgehead atoms. The summed E-state index contributed by atoms with van der Waals surface area (Å²) in [6.45, 7) is 8.71. The van der Waals surface area contributed by atoms with E-state index < -0.39 is 0 Å². The molecule has 0 heterocycles. The Kier molecular flexibility index (Phi) is 7.09. The Morgan fingerprint density at radius 1 is 1.18 bits per heavy atom. The first-order valence-corrected chi connectivity index (χ1v) is 7.08. The van der Waals surface area contributed by atoms with Gasteiger partial charge in [0, 0.05) is 6.54 Å². The fourth-order valence-corrected chi connectivity index (χ4v) is 2.24. The fourth-order valence-electron chi connectivity index (χ4n) is 2.24. The highest BCUT2D eigenvalue weighted by Gasteiger charge is 2.19. The molecule has 0 saturated heterocycles. The summed E-state index contributed by atoms with van der Waals surface area (Å²) in [5, 5.41) is 13.0. The van der Waals surface area contributed by atoms with Crippen molar-refractivity contribution in [3.05, 3.63) is 0 Å². The van der Waals surface area contributed by atoms with Gasteiger partial charge in [0.05, 0.1) is 18.8 Å². The molecule has 3 nitrogen and oxygen atoms in total. The van der Waals surface area contributed by atoms with Gasteiger partial charge in [0.2, 0.25) is 0 Å². The normalized spacial score (nSPS) is 27.4. The third-order valence-electron chi connectivity index (χ3n) is 3.42. The third-order valence-corrected chi connectivity index (χ3v) is 3.42. The van der Waals surface area contributed by atoms with Crippen molar-refractivity contribution in [1.29, 1.82) is 0 Å². The van der Waals surface area contributed by atoms with Crippen LogP contribution in [0.25, 0.3) is 0 Å². The molecule has 3 heteroatoms. The van der Waals surface area contributed by atoms with Crippen molar-refractivity contribution in [2.45, 2.75) is 58.7 Å². The molecule has 1 aliphatic carbocycles. The number of hydrogen-bond acceptors (Lipinski definition) is 3. The summed E-state index contributed by atoms with van der Waals surface area (Å²) in [7, 11) is 0. The van der Waals surface area contributed by atoms with Gasteiger partial charge in [0.1, 0.15) is 0 Å². The van der Waals surface area contributed by atoms with E-state index in [0.29, 0.717) is 25.2 Å². The molecule has 1 fully saturated rings. The second-order valence-electron chi connectivity index (χ2n) is 5.92. The van der Waals surface area contributed by atoms with Crippen LogP contribution < -0.4 is 5.32 Å². The highest BCUT2D eigenvalue weighted by Crippen LogP contribution is 2.25. The Labute approximate surface area is 106 Å². The standard InChI is InChI=1S/C14H29NO2/c1-11(2)8-15-9-13(16)10-17-14-6-4-12(3)5-7-14/h11-16H,4-10H2,1-3H3/t12?,13-,14?/m0/s1. The van der Waals surface area contributed by atoms with Crippen LogP contribution in [0.5, 0.6) is 0 Å². The zero-order valence-corrected chi connectivity index (χ0v) is 11.6. The molecule has 1 saturated carbocycles. The Bertz CT molecular complexity index is 189. The molecule has 0 aromatic rings. The molecular weight excluding hydrogens is 214 g/mol. The van der Waals surface area contributed by atoms with Crippen molar-refractivity contribution in [1.82, 2.24) is 5.32 Å². The Balaban J connectivity index is 2.01.